The summed E-state index contributed by atoms with van der Waals surface area (Å²) in [5.74, 6) is 1.27. The molecule has 1 fully saturated rings. The lowest BCUT2D eigenvalue weighted by Crippen LogP contribution is -2.37. The van der Waals surface area contributed by atoms with Crippen LogP contribution in [0.15, 0.2) is 95.9 Å². The van der Waals surface area contributed by atoms with Gasteiger partial charge in [-0.2, -0.15) is 0 Å². The van der Waals surface area contributed by atoms with Crippen LogP contribution in [0.5, 0.6) is 0 Å². The SMILES string of the molecule is CCN(CC)C(=O)c1ccc(NC(=O)Nc2ccc(-c3nc(N4CCOCC4)c4ccc(-c5cccc(S(C)(=O)=O)c5)cc4n3)cc2)cc1. The number of anilines is 3. The second kappa shape index (κ2) is 14.4. The molecule has 11 nitrogen and oxygen atoms in total. The predicted octanol–water partition coefficient (Wildman–Crippen LogP) is 6.33. The summed E-state index contributed by atoms with van der Waals surface area (Å²) in [6.45, 7) is 7.71. The van der Waals surface area contributed by atoms with Gasteiger partial charge in [-0.1, -0.05) is 18.2 Å². The zero-order chi connectivity index (χ0) is 34.5. The average molecular weight is 679 g/mol. The molecule has 0 aliphatic carbocycles. The Labute approximate surface area is 285 Å². The highest BCUT2D eigenvalue weighted by Crippen LogP contribution is 2.32. The van der Waals surface area contributed by atoms with E-state index in [0.717, 1.165) is 33.4 Å². The fraction of sp³-hybridized carbons (Fsp3) is 0.243. The molecule has 1 aliphatic heterocycles. The van der Waals surface area contributed by atoms with Gasteiger partial charge in [-0.25, -0.2) is 23.2 Å². The van der Waals surface area contributed by atoms with E-state index in [1.54, 1.807) is 59.5 Å². The molecule has 0 radical (unpaired) electrons. The Kier molecular flexibility index (Phi) is 9.88. The number of nitrogens with zero attached hydrogens (tertiary/aromatic N) is 4. The Hall–Kier alpha value is -5.33. The van der Waals surface area contributed by atoms with Gasteiger partial charge in [-0.05, 0) is 97.8 Å². The van der Waals surface area contributed by atoms with E-state index in [-0.39, 0.29) is 10.8 Å². The molecule has 252 valence electrons. The Bertz CT molecular complexity index is 2090. The highest BCUT2D eigenvalue weighted by molar-refractivity contribution is 7.90. The van der Waals surface area contributed by atoms with E-state index in [2.05, 4.69) is 15.5 Å². The molecule has 2 N–H and O–H groups in total. The number of rotatable bonds is 9. The van der Waals surface area contributed by atoms with Crippen LogP contribution in [0.2, 0.25) is 0 Å². The van der Waals surface area contributed by atoms with E-state index < -0.39 is 15.9 Å². The van der Waals surface area contributed by atoms with Crippen molar-refractivity contribution >= 4 is 49.9 Å². The first-order valence-electron chi connectivity index (χ1n) is 16.2. The van der Waals surface area contributed by atoms with Crippen LogP contribution in [0.25, 0.3) is 33.4 Å². The first-order chi connectivity index (χ1) is 23.6. The molecule has 0 bridgehead atoms. The van der Waals surface area contributed by atoms with Gasteiger partial charge in [0, 0.05) is 60.3 Å². The lowest BCUT2D eigenvalue weighted by molar-refractivity contribution is 0.0773. The summed E-state index contributed by atoms with van der Waals surface area (Å²) in [7, 11) is -3.36. The van der Waals surface area contributed by atoms with E-state index in [4.69, 9.17) is 14.7 Å². The maximum absolute atomic E-state index is 12.8. The number of sulfone groups is 1. The van der Waals surface area contributed by atoms with Gasteiger partial charge in [0.2, 0.25) is 0 Å². The first-order valence-corrected chi connectivity index (χ1v) is 18.0. The molecule has 6 rings (SSSR count). The van der Waals surface area contributed by atoms with Crippen molar-refractivity contribution in [1.29, 1.82) is 0 Å². The van der Waals surface area contributed by atoms with Crippen molar-refractivity contribution in [2.75, 3.05) is 61.2 Å². The molecule has 0 atom stereocenters. The monoisotopic (exact) mass is 678 g/mol. The van der Waals surface area contributed by atoms with Crippen LogP contribution in [0.3, 0.4) is 0 Å². The number of morpholine rings is 1. The molecule has 0 saturated carbocycles. The maximum Gasteiger partial charge on any atom is 0.323 e. The molecule has 2 heterocycles. The summed E-state index contributed by atoms with van der Waals surface area (Å²) in [4.78, 5) is 39.5. The first kappa shape index (κ1) is 33.6. The zero-order valence-corrected chi connectivity index (χ0v) is 28.5. The molecule has 1 aliphatic rings. The van der Waals surface area contributed by atoms with E-state index in [1.807, 2.05) is 50.2 Å². The molecule has 4 aromatic carbocycles. The van der Waals surface area contributed by atoms with E-state index in [0.29, 0.717) is 62.2 Å². The standard InChI is InChI=1S/C37H38N6O5S/c1-4-42(5-2)36(44)26-11-16-30(17-12-26)39-37(45)38-29-14-9-25(10-15-29)34-40-33-24-28(27-7-6-8-31(23-27)49(3,46)47)13-18-32(33)35(41-34)43-19-21-48-22-20-43/h6-18,23-24H,4-5,19-22H2,1-3H3,(H2,38,39,45). The second-order valence-electron chi connectivity index (χ2n) is 11.7. The highest BCUT2D eigenvalue weighted by Gasteiger charge is 2.19. The van der Waals surface area contributed by atoms with Crippen LogP contribution in [0.1, 0.15) is 24.2 Å². The van der Waals surface area contributed by atoms with Gasteiger partial charge in [0.15, 0.2) is 15.7 Å². The number of hydrogen-bond donors (Lipinski definition) is 2. The second-order valence-corrected chi connectivity index (χ2v) is 13.7. The Balaban J connectivity index is 1.24. The van der Waals surface area contributed by atoms with Crippen molar-refractivity contribution in [2.24, 2.45) is 0 Å². The molecule has 1 aromatic heterocycles. The van der Waals surface area contributed by atoms with Gasteiger partial charge in [0.25, 0.3) is 5.91 Å². The van der Waals surface area contributed by atoms with Gasteiger partial charge in [0.1, 0.15) is 5.82 Å². The number of fused-ring (bicyclic) bond motifs is 1. The minimum absolute atomic E-state index is 0.0478. The third kappa shape index (κ3) is 7.71. The summed E-state index contributed by atoms with van der Waals surface area (Å²) >= 11 is 0. The molecule has 49 heavy (non-hydrogen) atoms. The van der Waals surface area contributed by atoms with Gasteiger partial charge >= 0.3 is 6.03 Å². The van der Waals surface area contributed by atoms with Gasteiger partial charge < -0.3 is 25.2 Å². The van der Waals surface area contributed by atoms with Crippen molar-refractivity contribution in [3.63, 3.8) is 0 Å². The number of urea groups is 1. The molecule has 5 aromatic rings. The third-order valence-electron chi connectivity index (χ3n) is 8.42. The quantitative estimate of drug-likeness (QED) is 0.185. The van der Waals surface area contributed by atoms with E-state index in [1.165, 1.54) is 6.26 Å². The Morgan fingerprint density at radius 1 is 0.796 bits per heavy atom. The number of benzene rings is 4. The van der Waals surface area contributed by atoms with Crippen LogP contribution < -0.4 is 15.5 Å². The maximum atomic E-state index is 12.8. The van der Waals surface area contributed by atoms with Crippen LogP contribution in [-0.4, -0.2) is 80.9 Å². The summed E-state index contributed by atoms with van der Waals surface area (Å²) in [6, 6.07) is 26.5. The summed E-state index contributed by atoms with van der Waals surface area (Å²) in [5.41, 5.74) is 4.81. The normalized spacial score (nSPS) is 13.2. The molecular weight excluding hydrogens is 641 g/mol. The largest absolute Gasteiger partial charge is 0.378 e. The predicted molar refractivity (Wildman–Crippen MR) is 193 cm³/mol. The topological polar surface area (TPSA) is 134 Å². The van der Waals surface area contributed by atoms with E-state index >= 15 is 0 Å². The van der Waals surface area contributed by atoms with Crippen LogP contribution >= 0.6 is 0 Å². The van der Waals surface area contributed by atoms with Crippen molar-refractivity contribution in [3.05, 3.63) is 96.6 Å². The van der Waals surface area contributed by atoms with Gasteiger partial charge in [-0.3, -0.25) is 4.79 Å². The molecular formula is C37H38N6O5S. The minimum Gasteiger partial charge on any atom is -0.378 e. The van der Waals surface area contributed by atoms with Gasteiger partial charge in [-0.15, -0.1) is 0 Å². The number of amides is 3. The van der Waals surface area contributed by atoms with Crippen molar-refractivity contribution in [1.82, 2.24) is 14.9 Å². The van der Waals surface area contributed by atoms with Crippen molar-refractivity contribution in [2.45, 2.75) is 18.7 Å². The number of aromatic nitrogens is 2. The van der Waals surface area contributed by atoms with Gasteiger partial charge in [0.05, 0.1) is 23.6 Å². The van der Waals surface area contributed by atoms with Crippen LogP contribution in [0, 0.1) is 0 Å². The molecule has 1 saturated heterocycles. The Morgan fingerprint density at radius 2 is 1.41 bits per heavy atom. The Morgan fingerprint density at radius 3 is 2.04 bits per heavy atom. The highest BCUT2D eigenvalue weighted by atomic mass is 32.2. The summed E-state index contributed by atoms with van der Waals surface area (Å²) < 4.78 is 30.0. The fourth-order valence-electron chi connectivity index (χ4n) is 5.73. The summed E-state index contributed by atoms with van der Waals surface area (Å²) in [6.07, 6.45) is 1.20. The van der Waals surface area contributed by atoms with Crippen LogP contribution in [-0.2, 0) is 14.6 Å². The molecule has 12 heteroatoms. The smallest absolute Gasteiger partial charge is 0.323 e. The number of ether oxygens (including phenoxy) is 1. The average Bonchev–Trinajstić information content (AvgIpc) is 3.12. The molecule has 0 unspecified atom stereocenters. The van der Waals surface area contributed by atoms with Crippen molar-refractivity contribution < 1.29 is 22.7 Å². The minimum atomic E-state index is -3.36. The van der Waals surface area contributed by atoms with E-state index in [9.17, 15) is 18.0 Å². The lowest BCUT2D eigenvalue weighted by Gasteiger charge is -2.29. The summed E-state index contributed by atoms with van der Waals surface area (Å²) in [5, 5.41) is 6.53. The fourth-order valence-corrected chi connectivity index (χ4v) is 6.40. The number of carbonyl (C=O) groups excluding carboxylic acids is 2. The van der Waals surface area contributed by atoms with Crippen LogP contribution in [0.4, 0.5) is 22.0 Å². The number of hydrogen-bond acceptors (Lipinski definition) is 8. The number of carbonyl (C=O) groups is 2. The number of nitrogens with one attached hydrogen (secondary N) is 2. The molecule has 0 spiro atoms. The lowest BCUT2D eigenvalue weighted by atomic mass is 10.0. The third-order valence-corrected chi connectivity index (χ3v) is 9.53. The zero-order valence-electron chi connectivity index (χ0n) is 27.6. The molecule has 3 amide bonds. The van der Waals surface area contributed by atoms with Crippen molar-refractivity contribution in [3.8, 4) is 22.5 Å².